The molecule has 22 heavy (non-hydrogen) atoms. The lowest BCUT2D eigenvalue weighted by Crippen LogP contribution is -2.22. The number of nitro benzene ring substituents is 1. The molecular formula is C14H23FN4O2S. The Morgan fingerprint density at radius 3 is 2.45 bits per heavy atom. The number of hydrogen-bond donors (Lipinski definition) is 2. The van der Waals surface area contributed by atoms with Gasteiger partial charge >= 0.3 is 0 Å². The molecule has 0 heterocycles. The second-order valence-electron chi connectivity index (χ2n) is 5.32. The van der Waals surface area contributed by atoms with Crippen LogP contribution in [0.4, 0.5) is 15.9 Å². The summed E-state index contributed by atoms with van der Waals surface area (Å²) in [6, 6.07) is 5.44. The fraction of sp³-hybridized carbons (Fsp3) is 0.571. The van der Waals surface area contributed by atoms with E-state index in [2.05, 4.69) is 5.32 Å². The van der Waals surface area contributed by atoms with Crippen LogP contribution in [-0.4, -0.2) is 30.2 Å². The van der Waals surface area contributed by atoms with E-state index in [4.69, 9.17) is 5.14 Å². The Hall–Kier alpha value is -1.38. The first-order valence-electron chi connectivity index (χ1n) is 7.19. The van der Waals surface area contributed by atoms with E-state index in [-0.39, 0.29) is 10.6 Å². The van der Waals surface area contributed by atoms with Crippen molar-refractivity contribution in [3.05, 3.63) is 28.3 Å². The topological polar surface area (TPSA) is 84.4 Å². The highest BCUT2D eigenvalue weighted by Crippen LogP contribution is 2.31. The van der Waals surface area contributed by atoms with Crippen molar-refractivity contribution < 1.29 is 9.40 Å². The predicted octanol–water partition coefficient (Wildman–Crippen LogP) is 3.74. The molecule has 0 bridgehead atoms. The van der Waals surface area contributed by atoms with Crippen LogP contribution in [0, 0.1) is 10.1 Å². The highest BCUT2D eigenvalue weighted by molar-refractivity contribution is 7.97. The van der Waals surface area contributed by atoms with E-state index in [1.54, 1.807) is 6.07 Å². The molecule has 0 unspecified atom stereocenters. The van der Waals surface area contributed by atoms with Crippen LogP contribution in [0.25, 0.3) is 0 Å². The predicted molar refractivity (Wildman–Crippen MR) is 88.4 cm³/mol. The number of nitro groups is 1. The van der Waals surface area contributed by atoms with Crippen LogP contribution >= 0.6 is 11.9 Å². The van der Waals surface area contributed by atoms with Gasteiger partial charge in [0.1, 0.15) is 5.69 Å². The van der Waals surface area contributed by atoms with Crippen molar-refractivity contribution in [2.45, 2.75) is 43.0 Å². The van der Waals surface area contributed by atoms with Crippen LogP contribution in [0.2, 0.25) is 0 Å². The van der Waals surface area contributed by atoms with Gasteiger partial charge in [0.05, 0.1) is 4.92 Å². The number of benzene rings is 1. The summed E-state index contributed by atoms with van der Waals surface area (Å²) < 4.78 is 10.8. The molecule has 0 spiro atoms. The second-order valence-corrected chi connectivity index (χ2v) is 6.03. The second kappa shape index (κ2) is 9.60. The van der Waals surface area contributed by atoms with Crippen LogP contribution in [0.15, 0.2) is 23.1 Å². The van der Waals surface area contributed by atoms with Gasteiger partial charge in [0, 0.05) is 31.1 Å². The summed E-state index contributed by atoms with van der Waals surface area (Å²) in [6.45, 7) is 0. The molecular weight excluding hydrogens is 307 g/mol. The average molecular weight is 330 g/mol. The average Bonchev–Trinajstić information content (AvgIpc) is 2.48. The van der Waals surface area contributed by atoms with E-state index in [9.17, 15) is 14.6 Å². The van der Waals surface area contributed by atoms with Gasteiger partial charge in [-0.1, -0.05) is 19.3 Å². The molecule has 2 rings (SSSR count). The van der Waals surface area contributed by atoms with E-state index in [0.29, 0.717) is 21.7 Å². The molecule has 1 fully saturated rings. The first-order chi connectivity index (χ1) is 10.4. The minimum absolute atomic E-state index is 0.107. The third-order valence-electron chi connectivity index (χ3n) is 3.27. The van der Waals surface area contributed by atoms with Crippen LogP contribution in [0.3, 0.4) is 0 Å². The lowest BCUT2D eigenvalue weighted by Gasteiger charge is -2.23. The zero-order valence-corrected chi connectivity index (χ0v) is 13.7. The van der Waals surface area contributed by atoms with Crippen LogP contribution in [0.5, 0.6) is 0 Å². The maximum atomic E-state index is 11.0. The fourth-order valence-corrected chi connectivity index (χ4v) is 2.65. The van der Waals surface area contributed by atoms with Gasteiger partial charge in [-0.25, -0.2) is 0 Å². The summed E-state index contributed by atoms with van der Waals surface area (Å²) in [7, 11) is 2.67. The standard InChI is InChI=1S/C12H17N3O2S.C2H6FN/c13-18-10-6-7-11(12(8-10)15(16)17)14-9-4-2-1-3-5-9;1-4(2)3/h6-9,14H,1-5,13H2;1-2H3. The number of halogens is 1. The molecule has 3 N–H and O–H groups in total. The Bertz CT molecular complexity index is 479. The highest BCUT2D eigenvalue weighted by Gasteiger charge is 2.19. The Balaban J connectivity index is 0.000000541. The van der Waals surface area contributed by atoms with Crippen molar-refractivity contribution in [2.24, 2.45) is 5.14 Å². The van der Waals surface area contributed by atoms with Gasteiger partial charge in [0.15, 0.2) is 0 Å². The highest BCUT2D eigenvalue weighted by atomic mass is 32.2. The fourth-order valence-electron chi connectivity index (χ4n) is 2.32. The molecule has 1 aromatic rings. The quantitative estimate of drug-likeness (QED) is 0.379. The molecule has 0 aliphatic heterocycles. The molecule has 124 valence electrons. The van der Waals surface area contributed by atoms with Gasteiger partial charge in [-0.15, -0.1) is 4.48 Å². The molecule has 0 saturated heterocycles. The molecule has 0 radical (unpaired) electrons. The molecule has 1 aliphatic carbocycles. The lowest BCUT2D eigenvalue weighted by atomic mass is 9.95. The van der Waals surface area contributed by atoms with Gasteiger partial charge < -0.3 is 5.32 Å². The van der Waals surface area contributed by atoms with Gasteiger partial charge in [-0.05, 0) is 36.9 Å². The van der Waals surface area contributed by atoms with Crippen molar-refractivity contribution >= 4 is 23.3 Å². The Morgan fingerprint density at radius 2 is 1.95 bits per heavy atom. The van der Waals surface area contributed by atoms with Crippen LogP contribution in [0.1, 0.15) is 32.1 Å². The molecule has 1 aromatic carbocycles. The van der Waals surface area contributed by atoms with E-state index in [0.717, 1.165) is 24.8 Å². The van der Waals surface area contributed by atoms with Gasteiger partial charge in [0.2, 0.25) is 0 Å². The first kappa shape index (κ1) is 18.7. The SMILES string of the molecule is CN(C)F.NSc1ccc(NC2CCCCC2)c([N+](=O)[O-])c1. The maximum absolute atomic E-state index is 11.0. The number of rotatable bonds is 4. The summed E-state index contributed by atoms with van der Waals surface area (Å²) in [4.78, 5) is 11.4. The van der Waals surface area contributed by atoms with Crippen molar-refractivity contribution in [1.29, 1.82) is 0 Å². The summed E-state index contributed by atoms with van der Waals surface area (Å²) in [5, 5.41) is 20.3. The van der Waals surface area contributed by atoms with Crippen molar-refractivity contribution in [1.82, 2.24) is 5.12 Å². The summed E-state index contributed by atoms with van der Waals surface area (Å²) >= 11 is 1.02. The molecule has 0 amide bonds. The van der Waals surface area contributed by atoms with E-state index in [1.165, 1.54) is 39.4 Å². The zero-order chi connectivity index (χ0) is 16.5. The number of anilines is 1. The first-order valence-corrected chi connectivity index (χ1v) is 8.06. The monoisotopic (exact) mass is 330 g/mol. The van der Waals surface area contributed by atoms with E-state index >= 15 is 0 Å². The zero-order valence-electron chi connectivity index (χ0n) is 12.9. The van der Waals surface area contributed by atoms with Crippen molar-refractivity contribution in [2.75, 3.05) is 19.4 Å². The smallest absolute Gasteiger partial charge is 0.293 e. The summed E-state index contributed by atoms with van der Waals surface area (Å²) in [5.41, 5.74) is 0.709. The van der Waals surface area contributed by atoms with E-state index in [1.807, 2.05) is 6.07 Å². The minimum atomic E-state index is -0.356. The molecule has 1 saturated carbocycles. The number of nitrogens with one attached hydrogen (secondary N) is 1. The number of nitrogens with two attached hydrogens (primary N) is 1. The normalized spacial score (nSPS) is 15.1. The summed E-state index contributed by atoms with van der Waals surface area (Å²) in [6.07, 6.45) is 5.84. The third kappa shape index (κ3) is 6.59. The molecule has 0 atom stereocenters. The Morgan fingerprint density at radius 1 is 1.36 bits per heavy atom. The Labute approximate surface area is 134 Å². The Kier molecular flexibility index (Phi) is 8.15. The molecule has 1 aliphatic rings. The number of nitrogens with zero attached hydrogens (tertiary/aromatic N) is 2. The van der Waals surface area contributed by atoms with E-state index < -0.39 is 0 Å². The lowest BCUT2D eigenvalue weighted by molar-refractivity contribution is -0.384. The molecule has 6 nitrogen and oxygen atoms in total. The van der Waals surface area contributed by atoms with Crippen molar-refractivity contribution in [3.63, 3.8) is 0 Å². The van der Waals surface area contributed by atoms with Crippen LogP contribution in [-0.2, 0) is 0 Å². The molecule has 8 heteroatoms. The van der Waals surface area contributed by atoms with Gasteiger partial charge in [-0.3, -0.25) is 15.3 Å². The van der Waals surface area contributed by atoms with Crippen molar-refractivity contribution in [3.8, 4) is 0 Å². The van der Waals surface area contributed by atoms with Gasteiger partial charge in [-0.2, -0.15) is 5.12 Å². The summed E-state index contributed by atoms with van der Waals surface area (Å²) in [5.74, 6) is 0. The largest absolute Gasteiger partial charge is 0.377 e. The maximum Gasteiger partial charge on any atom is 0.293 e. The third-order valence-corrected chi connectivity index (χ3v) is 3.79. The van der Waals surface area contributed by atoms with Gasteiger partial charge in [0.25, 0.3) is 5.69 Å². The van der Waals surface area contributed by atoms with Crippen LogP contribution < -0.4 is 10.5 Å². The molecule has 0 aromatic heterocycles. The minimum Gasteiger partial charge on any atom is -0.377 e. The number of hydrogen-bond acceptors (Lipinski definition) is 6.